The molecule has 0 aliphatic carbocycles. The molecule has 1 aromatic rings. The van der Waals surface area contributed by atoms with Crippen molar-refractivity contribution >= 4 is 6.29 Å². The minimum absolute atomic E-state index is 0.161. The van der Waals surface area contributed by atoms with Crippen molar-refractivity contribution in [2.75, 3.05) is 0 Å². The van der Waals surface area contributed by atoms with Crippen molar-refractivity contribution in [2.45, 2.75) is 0 Å². The molecule has 0 atom stereocenters. The lowest BCUT2D eigenvalue weighted by atomic mass is 10.2. The maximum absolute atomic E-state index is 9.91. The highest BCUT2D eigenvalue weighted by Gasteiger charge is 1.78. The quantitative estimate of drug-likeness (QED) is 0.559. The van der Waals surface area contributed by atoms with Crippen LogP contribution in [-0.2, 0) is 4.79 Å². The SMILES string of the molecule is O=[C-]c1ccc(O)cc1. The van der Waals surface area contributed by atoms with Gasteiger partial charge in [0.2, 0.25) is 0 Å². The van der Waals surface area contributed by atoms with Crippen LogP contribution >= 0.6 is 0 Å². The molecular formula is C7H5O2-. The molecule has 0 aliphatic rings. The standard InChI is InChI=1S/C7H5O2/c8-5-6-1-3-7(9)4-2-6/h1-4,9H/q-1. The topological polar surface area (TPSA) is 37.3 Å². The Balaban J connectivity index is 3.01. The van der Waals surface area contributed by atoms with Crippen LogP contribution in [0.2, 0.25) is 0 Å². The van der Waals surface area contributed by atoms with E-state index in [9.17, 15) is 4.79 Å². The predicted octanol–water partition coefficient (Wildman–Crippen LogP) is 0.850. The van der Waals surface area contributed by atoms with Crippen molar-refractivity contribution in [2.24, 2.45) is 0 Å². The molecule has 1 rings (SSSR count). The molecule has 9 heavy (non-hydrogen) atoms. The van der Waals surface area contributed by atoms with Gasteiger partial charge in [-0.1, -0.05) is 12.1 Å². The van der Waals surface area contributed by atoms with Gasteiger partial charge in [0.25, 0.3) is 0 Å². The van der Waals surface area contributed by atoms with E-state index in [1.807, 2.05) is 0 Å². The number of aromatic hydroxyl groups is 1. The summed E-state index contributed by atoms with van der Waals surface area (Å²) in [4.78, 5) is 9.91. The second kappa shape index (κ2) is 2.31. The Labute approximate surface area is 52.8 Å². The predicted molar refractivity (Wildman–Crippen MR) is 32.9 cm³/mol. The highest BCUT2D eigenvalue weighted by Crippen LogP contribution is 2.06. The van der Waals surface area contributed by atoms with Gasteiger partial charge in [-0.3, -0.25) is 0 Å². The molecule has 0 radical (unpaired) electrons. The monoisotopic (exact) mass is 121 g/mol. The number of benzene rings is 1. The summed E-state index contributed by atoms with van der Waals surface area (Å²) >= 11 is 0. The molecule has 0 saturated heterocycles. The third-order valence-corrected chi connectivity index (χ3v) is 0.985. The Morgan fingerprint density at radius 1 is 1.22 bits per heavy atom. The van der Waals surface area contributed by atoms with E-state index in [1.165, 1.54) is 24.3 Å². The van der Waals surface area contributed by atoms with Crippen LogP contribution in [0.15, 0.2) is 24.3 Å². The second-order valence-electron chi connectivity index (χ2n) is 1.65. The van der Waals surface area contributed by atoms with Crippen LogP contribution in [-0.4, -0.2) is 11.4 Å². The third kappa shape index (κ3) is 1.29. The van der Waals surface area contributed by atoms with Gasteiger partial charge < -0.3 is 9.90 Å². The molecule has 0 spiro atoms. The Morgan fingerprint density at radius 2 is 1.78 bits per heavy atom. The Bertz CT molecular complexity index is 201. The van der Waals surface area contributed by atoms with E-state index in [0.717, 1.165) is 0 Å². The number of carbonyl (C=O) groups excluding carboxylic acids is 1. The summed E-state index contributed by atoms with van der Waals surface area (Å²) in [6, 6.07) is 5.89. The fraction of sp³-hybridized carbons (Fsp3) is 0. The molecule has 1 N–H and O–H groups in total. The van der Waals surface area contributed by atoms with Gasteiger partial charge in [0.15, 0.2) is 0 Å². The van der Waals surface area contributed by atoms with E-state index in [2.05, 4.69) is 0 Å². The first kappa shape index (κ1) is 5.82. The van der Waals surface area contributed by atoms with Crippen molar-refractivity contribution in [3.63, 3.8) is 0 Å². The second-order valence-corrected chi connectivity index (χ2v) is 1.65. The van der Waals surface area contributed by atoms with E-state index in [1.54, 1.807) is 6.29 Å². The van der Waals surface area contributed by atoms with E-state index < -0.39 is 0 Å². The van der Waals surface area contributed by atoms with Crippen LogP contribution in [0, 0.1) is 0 Å². The summed E-state index contributed by atoms with van der Waals surface area (Å²) < 4.78 is 0. The van der Waals surface area contributed by atoms with Gasteiger partial charge in [0, 0.05) is 0 Å². The summed E-state index contributed by atoms with van der Waals surface area (Å²) in [5, 5.41) is 8.72. The van der Waals surface area contributed by atoms with Gasteiger partial charge in [0.05, 0.1) is 12.0 Å². The molecular weight excluding hydrogens is 116 g/mol. The largest absolute Gasteiger partial charge is 0.510 e. The average Bonchev–Trinajstić information content (AvgIpc) is 1.90. The van der Waals surface area contributed by atoms with Gasteiger partial charge in [0.1, 0.15) is 0 Å². The number of phenols is 1. The van der Waals surface area contributed by atoms with Gasteiger partial charge in [-0.05, 0) is 0 Å². The minimum atomic E-state index is 0.161. The van der Waals surface area contributed by atoms with Crippen LogP contribution in [0.25, 0.3) is 0 Å². The fourth-order valence-corrected chi connectivity index (χ4v) is 0.529. The Hall–Kier alpha value is -1.31. The molecule has 1 aromatic carbocycles. The first-order valence-electron chi connectivity index (χ1n) is 2.50. The lowest BCUT2D eigenvalue weighted by Gasteiger charge is -1.96. The van der Waals surface area contributed by atoms with Crippen LogP contribution in [0.1, 0.15) is 5.56 Å². The zero-order chi connectivity index (χ0) is 6.69. The van der Waals surface area contributed by atoms with Gasteiger partial charge in [-0.2, -0.15) is 17.7 Å². The zero-order valence-corrected chi connectivity index (χ0v) is 4.66. The van der Waals surface area contributed by atoms with Crippen molar-refractivity contribution in [3.05, 3.63) is 29.8 Å². The van der Waals surface area contributed by atoms with Gasteiger partial charge >= 0.3 is 0 Å². The maximum Gasteiger partial charge on any atom is 0.0910 e. The van der Waals surface area contributed by atoms with Crippen LogP contribution < -0.4 is 0 Å². The first-order valence-corrected chi connectivity index (χ1v) is 2.50. The molecule has 0 aromatic heterocycles. The van der Waals surface area contributed by atoms with Crippen LogP contribution in [0.5, 0.6) is 5.75 Å². The normalized spacial score (nSPS) is 8.89. The average molecular weight is 121 g/mol. The number of rotatable bonds is 1. The van der Waals surface area contributed by atoms with Crippen LogP contribution in [0.3, 0.4) is 0 Å². The van der Waals surface area contributed by atoms with Gasteiger partial charge in [-0.15, -0.1) is 0 Å². The highest BCUT2D eigenvalue weighted by molar-refractivity contribution is 5.75. The summed E-state index contributed by atoms with van der Waals surface area (Å²) in [6.45, 7) is 0. The molecule has 46 valence electrons. The smallest absolute Gasteiger partial charge is 0.0910 e. The van der Waals surface area contributed by atoms with Crippen molar-refractivity contribution in [1.29, 1.82) is 0 Å². The van der Waals surface area contributed by atoms with E-state index in [0.29, 0.717) is 5.56 Å². The van der Waals surface area contributed by atoms with Crippen molar-refractivity contribution < 1.29 is 9.90 Å². The summed E-state index contributed by atoms with van der Waals surface area (Å²) in [5.41, 5.74) is 0.452. The number of phenolic OH excluding ortho intramolecular Hbond substituents is 1. The zero-order valence-electron chi connectivity index (χ0n) is 4.66. The molecule has 2 nitrogen and oxygen atoms in total. The Morgan fingerprint density at radius 3 is 2.22 bits per heavy atom. The molecule has 0 saturated carbocycles. The van der Waals surface area contributed by atoms with Crippen molar-refractivity contribution in [3.8, 4) is 5.75 Å². The lowest BCUT2D eigenvalue weighted by molar-refractivity contribution is 0.475. The Kier molecular flexibility index (Phi) is 1.49. The first-order chi connectivity index (χ1) is 4.33. The van der Waals surface area contributed by atoms with Gasteiger partial charge in [-0.25, -0.2) is 0 Å². The van der Waals surface area contributed by atoms with E-state index >= 15 is 0 Å². The fourth-order valence-electron chi connectivity index (χ4n) is 0.529. The highest BCUT2D eigenvalue weighted by atomic mass is 16.3. The minimum Gasteiger partial charge on any atom is -0.510 e. The lowest BCUT2D eigenvalue weighted by Crippen LogP contribution is -1.75. The molecule has 2 heteroatoms. The molecule has 0 aliphatic heterocycles. The molecule has 0 unspecified atom stereocenters. The summed E-state index contributed by atoms with van der Waals surface area (Å²) in [5.74, 6) is 0.161. The third-order valence-electron chi connectivity index (χ3n) is 0.985. The van der Waals surface area contributed by atoms with Crippen LogP contribution in [0.4, 0.5) is 0 Å². The van der Waals surface area contributed by atoms with Crippen molar-refractivity contribution in [1.82, 2.24) is 0 Å². The number of hydrogen-bond acceptors (Lipinski definition) is 2. The summed E-state index contributed by atoms with van der Waals surface area (Å²) in [6.07, 6.45) is 1.69. The van der Waals surface area contributed by atoms with E-state index in [4.69, 9.17) is 5.11 Å². The molecule has 0 amide bonds. The molecule has 0 heterocycles. The molecule has 0 bridgehead atoms. The number of hydrogen-bond donors (Lipinski definition) is 1. The summed E-state index contributed by atoms with van der Waals surface area (Å²) in [7, 11) is 0. The maximum atomic E-state index is 9.91. The van der Waals surface area contributed by atoms with E-state index in [-0.39, 0.29) is 5.75 Å². The molecule has 0 fully saturated rings.